The third kappa shape index (κ3) is 1.76. The Hall–Kier alpha value is -3.20. The standard InChI is InChI=1S/C24H17NO2/c26-23-21-19-15-10-4-5-11-16(15)20(18-13-7-6-12-17(18)19)22(21)24(27)25(23)14-8-2-1-3-9-14/h1-13,19-22H. The van der Waals surface area contributed by atoms with E-state index in [-0.39, 0.29) is 35.5 Å². The van der Waals surface area contributed by atoms with Gasteiger partial charge in [-0.15, -0.1) is 0 Å². The second kappa shape index (κ2) is 5.17. The molecule has 3 heteroatoms. The summed E-state index contributed by atoms with van der Waals surface area (Å²) in [5.41, 5.74) is 5.50. The Morgan fingerprint density at radius 3 is 1.30 bits per heavy atom. The molecule has 27 heavy (non-hydrogen) atoms. The van der Waals surface area contributed by atoms with E-state index in [9.17, 15) is 9.59 Å². The SMILES string of the molecule is O=C1C2C3c4ccccc4C(c4ccccc43)C2C(=O)N1c1ccccc1. The average Bonchev–Trinajstić information content (AvgIpc) is 3.00. The van der Waals surface area contributed by atoms with Gasteiger partial charge in [0.2, 0.25) is 11.8 Å². The summed E-state index contributed by atoms with van der Waals surface area (Å²) in [6.07, 6.45) is 0. The molecule has 0 N–H and O–H groups in total. The molecule has 3 aromatic rings. The number of hydrogen-bond acceptors (Lipinski definition) is 2. The van der Waals surface area contributed by atoms with Gasteiger partial charge in [-0.05, 0) is 34.4 Å². The first-order valence-corrected chi connectivity index (χ1v) is 9.38. The van der Waals surface area contributed by atoms with Gasteiger partial charge in [-0.1, -0.05) is 66.7 Å². The minimum atomic E-state index is -0.312. The summed E-state index contributed by atoms with van der Waals surface area (Å²) in [5, 5.41) is 0. The van der Waals surface area contributed by atoms with Crippen molar-refractivity contribution in [2.24, 2.45) is 11.8 Å². The number of para-hydroxylation sites is 1. The highest BCUT2D eigenvalue weighted by molar-refractivity contribution is 6.23. The van der Waals surface area contributed by atoms with Crippen LogP contribution in [0.3, 0.4) is 0 Å². The molecule has 2 bridgehead atoms. The molecule has 0 spiro atoms. The largest absolute Gasteiger partial charge is 0.274 e. The van der Waals surface area contributed by atoms with Crippen LogP contribution in [-0.4, -0.2) is 11.8 Å². The molecular formula is C24H17NO2. The number of imide groups is 1. The lowest BCUT2D eigenvalue weighted by molar-refractivity contribution is -0.122. The zero-order chi connectivity index (χ0) is 18.1. The summed E-state index contributed by atoms with van der Waals surface area (Å²) in [7, 11) is 0. The van der Waals surface area contributed by atoms with Crippen LogP contribution in [0, 0.1) is 11.8 Å². The molecule has 0 radical (unpaired) electrons. The zero-order valence-electron chi connectivity index (χ0n) is 14.6. The molecule has 7 rings (SSSR count). The molecule has 3 aromatic carbocycles. The Labute approximate surface area is 157 Å². The van der Waals surface area contributed by atoms with E-state index in [4.69, 9.17) is 0 Å². The topological polar surface area (TPSA) is 37.4 Å². The van der Waals surface area contributed by atoms with Gasteiger partial charge in [0.05, 0.1) is 17.5 Å². The van der Waals surface area contributed by atoms with Gasteiger partial charge < -0.3 is 0 Å². The van der Waals surface area contributed by atoms with Crippen LogP contribution in [0.5, 0.6) is 0 Å². The lowest BCUT2D eigenvalue weighted by atomic mass is 9.55. The Balaban J connectivity index is 1.60. The molecule has 3 nitrogen and oxygen atoms in total. The molecule has 1 heterocycles. The molecule has 1 fully saturated rings. The fourth-order valence-corrected chi connectivity index (χ4v) is 5.51. The third-order valence-corrected chi connectivity index (χ3v) is 6.46. The molecule has 2 atom stereocenters. The first-order valence-electron chi connectivity index (χ1n) is 9.38. The van der Waals surface area contributed by atoms with E-state index in [0.717, 1.165) is 0 Å². The van der Waals surface area contributed by atoms with Gasteiger partial charge in [0.1, 0.15) is 0 Å². The van der Waals surface area contributed by atoms with Crippen LogP contribution in [0.4, 0.5) is 5.69 Å². The fourth-order valence-electron chi connectivity index (χ4n) is 5.51. The van der Waals surface area contributed by atoms with Gasteiger partial charge in [0, 0.05) is 11.8 Å². The number of anilines is 1. The van der Waals surface area contributed by atoms with Gasteiger partial charge >= 0.3 is 0 Å². The van der Waals surface area contributed by atoms with Crippen LogP contribution in [0.15, 0.2) is 78.9 Å². The Morgan fingerprint density at radius 2 is 0.889 bits per heavy atom. The van der Waals surface area contributed by atoms with E-state index >= 15 is 0 Å². The number of carbonyl (C=O) groups is 2. The highest BCUT2D eigenvalue weighted by Gasteiger charge is 2.61. The molecule has 2 amide bonds. The Kier molecular flexibility index (Phi) is 2.85. The molecule has 0 aromatic heterocycles. The molecule has 1 aliphatic heterocycles. The monoisotopic (exact) mass is 351 g/mol. The minimum Gasteiger partial charge on any atom is -0.274 e. The van der Waals surface area contributed by atoms with Crippen molar-refractivity contribution in [1.29, 1.82) is 0 Å². The van der Waals surface area contributed by atoms with Crippen molar-refractivity contribution in [3.8, 4) is 0 Å². The van der Waals surface area contributed by atoms with E-state index in [1.165, 1.54) is 27.2 Å². The van der Waals surface area contributed by atoms with Gasteiger partial charge in [-0.25, -0.2) is 4.90 Å². The van der Waals surface area contributed by atoms with Crippen molar-refractivity contribution in [3.63, 3.8) is 0 Å². The summed E-state index contributed by atoms with van der Waals surface area (Å²) < 4.78 is 0. The van der Waals surface area contributed by atoms with Crippen molar-refractivity contribution in [2.75, 3.05) is 4.90 Å². The summed E-state index contributed by atoms with van der Waals surface area (Å²) >= 11 is 0. The molecule has 1 saturated heterocycles. The zero-order valence-corrected chi connectivity index (χ0v) is 14.6. The van der Waals surface area contributed by atoms with Gasteiger partial charge in [0.15, 0.2) is 0 Å². The first-order chi connectivity index (χ1) is 13.3. The lowest BCUT2D eigenvalue weighted by Gasteiger charge is -2.45. The van der Waals surface area contributed by atoms with Crippen molar-refractivity contribution >= 4 is 17.5 Å². The predicted octanol–water partition coefficient (Wildman–Crippen LogP) is 4.08. The van der Waals surface area contributed by atoms with Gasteiger partial charge in [-0.2, -0.15) is 0 Å². The number of carbonyl (C=O) groups excluding carboxylic acids is 2. The highest BCUT2D eigenvalue weighted by atomic mass is 16.2. The average molecular weight is 351 g/mol. The van der Waals surface area contributed by atoms with E-state index in [1.807, 2.05) is 54.6 Å². The minimum absolute atomic E-state index is 0.0439. The molecule has 130 valence electrons. The van der Waals surface area contributed by atoms with Crippen molar-refractivity contribution in [3.05, 3.63) is 101 Å². The summed E-state index contributed by atoms with van der Waals surface area (Å²) in [6.45, 7) is 0. The Morgan fingerprint density at radius 1 is 0.519 bits per heavy atom. The van der Waals surface area contributed by atoms with Crippen molar-refractivity contribution in [2.45, 2.75) is 11.8 Å². The Bertz CT molecular complexity index is 989. The smallest absolute Gasteiger partial charge is 0.238 e. The van der Waals surface area contributed by atoms with E-state index in [1.54, 1.807) is 0 Å². The molecule has 3 aliphatic carbocycles. The second-order valence-electron chi connectivity index (χ2n) is 7.61. The maximum Gasteiger partial charge on any atom is 0.238 e. The number of amides is 2. The summed E-state index contributed by atoms with van der Waals surface area (Å²) in [5.74, 6) is -0.833. The molecule has 4 aliphatic rings. The van der Waals surface area contributed by atoms with Crippen LogP contribution in [0.25, 0.3) is 0 Å². The molecular weight excluding hydrogens is 334 g/mol. The van der Waals surface area contributed by atoms with Gasteiger partial charge in [-0.3, -0.25) is 9.59 Å². The van der Waals surface area contributed by atoms with Crippen molar-refractivity contribution < 1.29 is 9.59 Å². The summed E-state index contributed by atoms with van der Waals surface area (Å²) in [4.78, 5) is 28.4. The number of benzene rings is 3. The van der Waals surface area contributed by atoms with Crippen LogP contribution < -0.4 is 4.90 Å². The lowest BCUT2D eigenvalue weighted by Crippen LogP contribution is -2.41. The van der Waals surface area contributed by atoms with Crippen LogP contribution in [0.1, 0.15) is 34.1 Å². The van der Waals surface area contributed by atoms with Crippen LogP contribution in [-0.2, 0) is 9.59 Å². The van der Waals surface area contributed by atoms with Crippen LogP contribution in [0.2, 0.25) is 0 Å². The van der Waals surface area contributed by atoms with E-state index in [0.29, 0.717) is 5.69 Å². The third-order valence-electron chi connectivity index (χ3n) is 6.46. The second-order valence-corrected chi connectivity index (χ2v) is 7.61. The highest BCUT2D eigenvalue weighted by Crippen LogP contribution is 2.61. The van der Waals surface area contributed by atoms with Gasteiger partial charge in [0.25, 0.3) is 0 Å². The first kappa shape index (κ1) is 14.9. The predicted molar refractivity (Wildman–Crippen MR) is 102 cm³/mol. The maximum absolute atomic E-state index is 13.5. The number of rotatable bonds is 1. The van der Waals surface area contributed by atoms with E-state index < -0.39 is 0 Å². The number of nitrogens with zero attached hydrogens (tertiary/aromatic N) is 1. The molecule has 2 unspecified atom stereocenters. The van der Waals surface area contributed by atoms with E-state index in [2.05, 4.69) is 24.3 Å². The van der Waals surface area contributed by atoms with Crippen LogP contribution >= 0.6 is 0 Å². The maximum atomic E-state index is 13.5. The summed E-state index contributed by atoms with van der Waals surface area (Å²) in [6, 6.07) is 26.0. The molecule has 0 saturated carbocycles. The quantitative estimate of drug-likeness (QED) is 0.620. The fraction of sp³-hybridized carbons (Fsp3) is 0.167. The normalized spacial score (nSPS) is 27.3. The van der Waals surface area contributed by atoms with Crippen molar-refractivity contribution in [1.82, 2.24) is 0 Å². The number of hydrogen-bond donors (Lipinski definition) is 0.